The molecule has 2 bridgehead atoms. The molecule has 33 heavy (non-hydrogen) atoms. The predicted octanol–water partition coefficient (Wildman–Crippen LogP) is 5.43. The smallest absolute Gasteiger partial charge is 0.335 e. The highest BCUT2D eigenvalue weighted by Gasteiger charge is 2.42. The lowest BCUT2D eigenvalue weighted by atomic mass is 9.58. The number of hydrogen-bond donors (Lipinski definition) is 2. The van der Waals surface area contributed by atoms with E-state index < -0.39 is 5.97 Å². The van der Waals surface area contributed by atoms with Gasteiger partial charge in [0, 0.05) is 18.3 Å². The van der Waals surface area contributed by atoms with Crippen LogP contribution in [0.5, 0.6) is 0 Å². The number of nitrogens with zero attached hydrogens (tertiary/aromatic N) is 2. The van der Waals surface area contributed by atoms with Gasteiger partial charge in [0.1, 0.15) is 11.3 Å². The largest absolute Gasteiger partial charge is 0.478 e. The van der Waals surface area contributed by atoms with E-state index in [4.69, 9.17) is 0 Å². The fraction of sp³-hybridized carbons (Fsp3) is 0.444. The Morgan fingerprint density at radius 3 is 2.88 bits per heavy atom. The summed E-state index contributed by atoms with van der Waals surface area (Å²) >= 11 is 0. The Bertz CT molecular complexity index is 1200. The zero-order valence-electron chi connectivity index (χ0n) is 19.1. The minimum Gasteiger partial charge on any atom is -0.478 e. The first-order valence-corrected chi connectivity index (χ1v) is 12.1. The van der Waals surface area contributed by atoms with Crippen LogP contribution in [-0.2, 0) is 0 Å². The molecule has 6 nitrogen and oxygen atoms in total. The molecule has 3 aromatic rings. The van der Waals surface area contributed by atoms with Gasteiger partial charge in [0.25, 0.3) is 5.91 Å². The van der Waals surface area contributed by atoms with Gasteiger partial charge in [-0.25, -0.2) is 9.78 Å². The maximum absolute atomic E-state index is 13.3. The van der Waals surface area contributed by atoms with Crippen molar-refractivity contribution in [1.29, 1.82) is 0 Å². The predicted molar refractivity (Wildman–Crippen MR) is 127 cm³/mol. The number of imidazole rings is 1. The molecule has 0 saturated heterocycles. The highest BCUT2D eigenvalue weighted by atomic mass is 16.4. The van der Waals surface area contributed by atoms with Gasteiger partial charge in [-0.15, -0.1) is 0 Å². The van der Waals surface area contributed by atoms with Crippen LogP contribution in [0.25, 0.3) is 16.9 Å². The SMILES string of the molecule is CCC1CC2CCCC(CNC(=O)c3cccc4nc(-c5cccc(C(=O)O)c5)cn34)(C1)C2. The molecule has 6 heteroatoms. The molecule has 2 saturated carbocycles. The van der Waals surface area contributed by atoms with E-state index >= 15 is 0 Å². The first-order chi connectivity index (χ1) is 16.0. The summed E-state index contributed by atoms with van der Waals surface area (Å²) in [5.41, 5.74) is 3.02. The van der Waals surface area contributed by atoms with Crippen molar-refractivity contribution in [2.75, 3.05) is 6.54 Å². The Labute approximate surface area is 194 Å². The van der Waals surface area contributed by atoms with E-state index in [1.54, 1.807) is 22.6 Å². The number of carbonyl (C=O) groups excluding carboxylic acids is 1. The maximum atomic E-state index is 13.3. The quantitative estimate of drug-likeness (QED) is 0.530. The molecule has 1 amide bonds. The Morgan fingerprint density at radius 1 is 1.21 bits per heavy atom. The number of carbonyl (C=O) groups is 2. The number of aromatic carboxylic acids is 1. The van der Waals surface area contributed by atoms with Crippen molar-refractivity contribution in [3.63, 3.8) is 0 Å². The van der Waals surface area contributed by atoms with Crippen LogP contribution in [0.4, 0.5) is 0 Å². The first kappa shape index (κ1) is 21.7. The topological polar surface area (TPSA) is 83.7 Å². The first-order valence-electron chi connectivity index (χ1n) is 12.1. The van der Waals surface area contributed by atoms with Crippen LogP contribution in [0, 0.1) is 17.3 Å². The zero-order chi connectivity index (χ0) is 23.0. The van der Waals surface area contributed by atoms with E-state index in [9.17, 15) is 14.7 Å². The normalized spacial score (nSPS) is 24.5. The van der Waals surface area contributed by atoms with Crippen molar-refractivity contribution in [3.8, 4) is 11.3 Å². The minimum absolute atomic E-state index is 0.0843. The summed E-state index contributed by atoms with van der Waals surface area (Å²) < 4.78 is 1.80. The van der Waals surface area contributed by atoms with Crippen LogP contribution in [0.3, 0.4) is 0 Å². The molecular weight excluding hydrogens is 414 g/mol. The van der Waals surface area contributed by atoms with E-state index in [0.717, 1.165) is 18.4 Å². The molecule has 172 valence electrons. The van der Waals surface area contributed by atoms with Crippen LogP contribution in [0.2, 0.25) is 0 Å². The summed E-state index contributed by atoms with van der Waals surface area (Å²) in [6.07, 6.45) is 10.7. The molecule has 1 aromatic carbocycles. The number of rotatable bonds is 6. The second-order valence-electron chi connectivity index (χ2n) is 10.0. The maximum Gasteiger partial charge on any atom is 0.335 e. The van der Waals surface area contributed by atoms with Gasteiger partial charge in [-0.1, -0.05) is 44.4 Å². The molecule has 3 unspecified atom stereocenters. The lowest BCUT2D eigenvalue weighted by Crippen LogP contribution is -2.45. The lowest BCUT2D eigenvalue weighted by Gasteiger charge is -2.48. The molecule has 2 aliphatic carbocycles. The van der Waals surface area contributed by atoms with E-state index in [1.807, 2.05) is 30.5 Å². The highest BCUT2D eigenvalue weighted by Crippen LogP contribution is 2.51. The number of benzene rings is 1. The van der Waals surface area contributed by atoms with E-state index in [0.29, 0.717) is 22.6 Å². The highest BCUT2D eigenvalue weighted by molar-refractivity contribution is 5.93. The van der Waals surface area contributed by atoms with Crippen LogP contribution in [-0.4, -0.2) is 32.9 Å². The summed E-state index contributed by atoms with van der Waals surface area (Å²) in [6, 6.07) is 12.2. The monoisotopic (exact) mass is 445 g/mol. The summed E-state index contributed by atoms with van der Waals surface area (Å²) in [6.45, 7) is 3.03. The molecule has 0 aliphatic heterocycles. The Kier molecular flexibility index (Phi) is 5.69. The van der Waals surface area contributed by atoms with Gasteiger partial charge in [0.2, 0.25) is 0 Å². The summed E-state index contributed by atoms with van der Waals surface area (Å²) in [5, 5.41) is 12.6. The number of amides is 1. The van der Waals surface area contributed by atoms with Gasteiger partial charge in [-0.05, 0) is 67.2 Å². The van der Waals surface area contributed by atoms with Crippen LogP contribution in [0.1, 0.15) is 72.7 Å². The average molecular weight is 446 g/mol. The van der Waals surface area contributed by atoms with Gasteiger partial charge in [0.15, 0.2) is 0 Å². The number of nitrogens with one attached hydrogen (secondary N) is 1. The van der Waals surface area contributed by atoms with Crippen LogP contribution >= 0.6 is 0 Å². The van der Waals surface area contributed by atoms with Gasteiger partial charge < -0.3 is 10.4 Å². The fourth-order valence-corrected chi connectivity index (χ4v) is 6.18. The number of carboxylic acids is 1. The van der Waals surface area contributed by atoms with Crippen molar-refractivity contribution < 1.29 is 14.7 Å². The molecule has 0 spiro atoms. The Hall–Kier alpha value is -3.15. The molecule has 2 aliphatic rings. The van der Waals surface area contributed by atoms with Gasteiger partial charge in [-0.3, -0.25) is 9.20 Å². The van der Waals surface area contributed by atoms with Gasteiger partial charge >= 0.3 is 5.97 Å². The molecule has 3 atom stereocenters. The van der Waals surface area contributed by atoms with Gasteiger partial charge in [0.05, 0.1) is 11.3 Å². The van der Waals surface area contributed by atoms with Crippen molar-refractivity contribution in [1.82, 2.24) is 14.7 Å². The second-order valence-corrected chi connectivity index (χ2v) is 10.0. The minimum atomic E-state index is -0.974. The number of fused-ring (bicyclic) bond motifs is 3. The molecule has 5 rings (SSSR count). The number of carboxylic acid groups (broad SMARTS) is 1. The number of aromatic nitrogens is 2. The van der Waals surface area contributed by atoms with Gasteiger partial charge in [-0.2, -0.15) is 0 Å². The van der Waals surface area contributed by atoms with E-state index in [2.05, 4.69) is 17.2 Å². The van der Waals surface area contributed by atoms with E-state index in [-0.39, 0.29) is 16.9 Å². The number of hydrogen-bond acceptors (Lipinski definition) is 3. The third kappa shape index (κ3) is 4.26. The summed E-state index contributed by atoms with van der Waals surface area (Å²) in [7, 11) is 0. The third-order valence-electron chi connectivity index (χ3n) is 7.76. The van der Waals surface area contributed by atoms with Crippen molar-refractivity contribution in [2.24, 2.45) is 17.3 Å². The van der Waals surface area contributed by atoms with Crippen LogP contribution in [0.15, 0.2) is 48.7 Å². The number of pyridine rings is 1. The molecule has 0 radical (unpaired) electrons. The fourth-order valence-electron chi connectivity index (χ4n) is 6.18. The third-order valence-corrected chi connectivity index (χ3v) is 7.76. The summed E-state index contributed by atoms with van der Waals surface area (Å²) in [5.74, 6) is 0.537. The zero-order valence-corrected chi connectivity index (χ0v) is 19.1. The van der Waals surface area contributed by atoms with Crippen LogP contribution < -0.4 is 5.32 Å². The second kappa shape index (κ2) is 8.65. The molecule has 2 N–H and O–H groups in total. The van der Waals surface area contributed by atoms with E-state index in [1.165, 1.54) is 44.9 Å². The van der Waals surface area contributed by atoms with Crippen molar-refractivity contribution in [2.45, 2.75) is 51.9 Å². The molecular formula is C27H31N3O3. The Morgan fingerprint density at radius 2 is 2.06 bits per heavy atom. The standard InChI is InChI=1S/C27H31N3O3/c1-2-18-12-19-6-5-11-27(14-18,15-19)17-28-25(31)23-9-4-10-24-29-22(16-30(23)24)20-7-3-8-21(13-20)26(32)33/h3-4,7-10,13,16,18-19H,2,5-6,11-12,14-15,17H2,1H3,(H,28,31)(H,32,33). The Balaban J connectivity index is 1.38. The average Bonchev–Trinajstić information content (AvgIpc) is 3.27. The molecule has 2 aromatic heterocycles. The van der Waals surface area contributed by atoms with Crippen molar-refractivity contribution in [3.05, 3.63) is 59.9 Å². The molecule has 2 fully saturated rings. The van der Waals surface area contributed by atoms with Crippen molar-refractivity contribution >= 4 is 17.5 Å². The summed E-state index contributed by atoms with van der Waals surface area (Å²) in [4.78, 5) is 29.2. The lowest BCUT2D eigenvalue weighted by molar-refractivity contribution is 0.0368. The molecule has 2 heterocycles.